The minimum atomic E-state index is -0.322. The monoisotopic (exact) mass is 404 g/mol. The molecule has 0 aliphatic rings. The maximum absolute atomic E-state index is 11.9. The molecular formula is C19H21BrN2O3. The van der Waals surface area contributed by atoms with E-state index in [1.165, 1.54) is 0 Å². The van der Waals surface area contributed by atoms with Crippen LogP contribution in [0.2, 0.25) is 0 Å². The Morgan fingerprint density at radius 1 is 1.28 bits per heavy atom. The summed E-state index contributed by atoms with van der Waals surface area (Å²) in [5, 5.41) is 3.93. The van der Waals surface area contributed by atoms with E-state index in [1.54, 1.807) is 13.3 Å². The number of ether oxygens (including phenoxy) is 2. The van der Waals surface area contributed by atoms with Crippen molar-refractivity contribution in [2.24, 2.45) is 5.10 Å². The van der Waals surface area contributed by atoms with Gasteiger partial charge < -0.3 is 9.47 Å². The van der Waals surface area contributed by atoms with E-state index >= 15 is 0 Å². The third-order valence-electron chi connectivity index (χ3n) is 3.45. The molecule has 2 rings (SSSR count). The molecule has 0 radical (unpaired) electrons. The van der Waals surface area contributed by atoms with Crippen LogP contribution in [-0.2, 0) is 4.79 Å². The molecule has 0 aliphatic carbocycles. The molecule has 0 aromatic heterocycles. The lowest BCUT2D eigenvalue weighted by atomic mass is 10.0. The quantitative estimate of drug-likeness (QED) is 0.557. The number of amides is 1. The average Bonchev–Trinajstić information content (AvgIpc) is 2.60. The van der Waals surface area contributed by atoms with Gasteiger partial charge in [-0.25, -0.2) is 5.43 Å². The van der Waals surface area contributed by atoms with Crippen molar-refractivity contribution in [2.75, 3.05) is 13.7 Å². The van der Waals surface area contributed by atoms with E-state index in [2.05, 4.69) is 40.3 Å². The van der Waals surface area contributed by atoms with Gasteiger partial charge in [-0.1, -0.05) is 41.9 Å². The predicted octanol–water partition coefficient (Wildman–Crippen LogP) is 4.11. The van der Waals surface area contributed by atoms with E-state index in [1.807, 2.05) is 42.5 Å². The number of hydrogen-bond acceptors (Lipinski definition) is 4. The molecule has 0 fully saturated rings. The van der Waals surface area contributed by atoms with Crippen LogP contribution in [0, 0.1) is 0 Å². The number of nitrogens with one attached hydrogen (secondary N) is 1. The normalized spacial score (nSPS) is 10.9. The van der Waals surface area contributed by atoms with E-state index in [0.29, 0.717) is 11.7 Å². The molecule has 25 heavy (non-hydrogen) atoms. The summed E-state index contributed by atoms with van der Waals surface area (Å²) >= 11 is 3.45. The molecule has 0 aliphatic heterocycles. The molecule has 1 amide bonds. The molecule has 0 atom stereocenters. The second-order valence-corrected chi connectivity index (χ2v) is 6.61. The van der Waals surface area contributed by atoms with Crippen LogP contribution in [0.5, 0.6) is 11.5 Å². The number of nitrogens with zero attached hydrogens (tertiary/aromatic N) is 1. The number of carbonyl (C=O) groups is 1. The topological polar surface area (TPSA) is 59.9 Å². The minimum absolute atomic E-state index is 0.100. The Morgan fingerprint density at radius 3 is 2.80 bits per heavy atom. The van der Waals surface area contributed by atoms with Crippen molar-refractivity contribution < 1.29 is 14.3 Å². The maximum Gasteiger partial charge on any atom is 0.277 e. The van der Waals surface area contributed by atoms with Crippen LogP contribution in [0.25, 0.3) is 0 Å². The molecule has 0 saturated heterocycles. The van der Waals surface area contributed by atoms with E-state index in [4.69, 9.17) is 9.47 Å². The Bertz CT molecular complexity index is 760. The molecular weight excluding hydrogens is 384 g/mol. The van der Waals surface area contributed by atoms with Gasteiger partial charge in [0.25, 0.3) is 5.91 Å². The van der Waals surface area contributed by atoms with Crippen LogP contribution in [0.3, 0.4) is 0 Å². The van der Waals surface area contributed by atoms with Crippen LogP contribution >= 0.6 is 15.9 Å². The first-order chi connectivity index (χ1) is 12.0. The molecule has 2 aromatic rings. The van der Waals surface area contributed by atoms with Gasteiger partial charge in [0, 0.05) is 4.47 Å². The van der Waals surface area contributed by atoms with Gasteiger partial charge in [0.1, 0.15) is 11.5 Å². The van der Waals surface area contributed by atoms with E-state index < -0.39 is 0 Å². The summed E-state index contributed by atoms with van der Waals surface area (Å²) in [5.41, 5.74) is 4.33. The summed E-state index contributed by atoms with van der Waals surface area (Å²) in [6.07, 6.45) is 1.56. The van der Waals surface area contributed by atoms with Gasteiger partial charge in [-0.2, -0.15) is 5.10 Å². The molecule has 0 bridgehead atoms. The second-order valence-electron chi connectivity index (χ2n) is 5.70. The van der Waals surface area contributed by atoms with Crippen molar-refractivity contribution in [3.8, 4) is 11.5 Å². The smallest absolute Gasteiger partial charge is 0.277 e. The summed E-state index contributed by atoms with van der Waals surface area (Å²) in [4.78, 5) is 11.9. The highest BCUT2D eigenvalue weighted by atomic mass is 79.9. The van der Waals surface area contributed by atoms with Gasteiger partial charge >= 0.3 is 0 Å². The van der Waals surface area contributed by atoms with Gasteiger partial charge in [0.2, 0.25) is 0 Å². The minimum Gasteiger partial charge on any atom is -0.497 e. The fourth-order valence-corrected chi connectivity index (χ4v) is 2.56. The van der Waals surface area contributed by atoms with Crippen LogP contribution in [0.15, 0.2) is 52.0 Å². The van der Waals surface area contributed by atoms with Gasteiger partial charge in [-0.05, 0) is 47.4 Å². The molecule has 5 nitrogen and oxygen atoms in total. The molecule has 2 aromatic carbocycles. The standard InChI is InChI=1S/C19H21BrN2O3/c1-13(2)17-10-15(20)7-8-18(17)25-12-19(23)22-21-11-14-5-4-6-16(9-14)24-3/h4-11,13H,12H2,1-3H3,(H,22,23)/b21-11+. The Morgan fingerprint density at radius 2 is 2.08 bits per heavy atom. The summed E-state index contributed by atoms with van der Waals surface area (Å²) in [5.74, 6) is 1.40. The van der Waals surface area contributed by atoms with Crippen LogP contribution in [0.4, 0.5) is 0 Å². The maximum atomic E-state index is 11.9. The molecule has 0 spiro atoms. The highest BCUT2D eigenvalue weighted by Crippen LogP contribution is 2.29. The molecule has 132 valence electrons. The number of rotatable bonds is 7. The van der Waals surface area contributed by atoms with Crippen LogP contribution in [-0.4, -0.2) is 25.8 Å². The number of halogens is 1. The predicted molar refractivity (Wildman–Crippen MR) is 102 cm³/mol. The molecule has 0 saturated carbocycles. The third kappa shape index (κ3) is 5.90. The number of hydrogen-bond donors (Lipinski definition) is 1. The van der Waals surface area contributed by atoms with Crippen LogP contribution in [0.1, 0.15) is 30.9 Å². The lowest BCUT2D eigenvalue weighted by molar-refractivity contribution is -0.123. The van der Waals surface area contributed by atoms with Crippen LogP contribution < -0.4 is 14.9 Å². The SMILES string of the molecule is COc1cccc(/C=N/NC(=O)COc2ccc(Br)cc2C(C)C)c1. The number of hydrazone groups is 1. The number of methoxy groups -OCH3 is 1. The zero-order chi connectivity index (χ0) is 18.2. The third-order valence-corrected chi connectivity index (χ3v) is 3.94. The first-order valence-corrected chi connectivity index (χ1v) is 8.67. The Hall–Kier alpha value is -2.34. The molecule has 0 unspecified atom stereocenters. The van der Waals surface area contributed by atoms with Crippen molar-refractivity contribution >= 4 is 28.1 Å². The Labute approximate surface area is 156 Å². The fraction of sp³-hybridized carbons (Fsp3) is 0.263. The van der Waals surface area contributed by atoms with Gasteiger partial charge in [-0.3, -0.25) is 4.79 Å². The zero-order valence-corrected chi connectivity index (χ0v) is 16.0. The average molecular weight is 405 g/mol. The Kier molecular flexibility index (Phi) is 7.01. The van der Waals surface area contributed by atoms with Crippen molar-refractivity contribution in [3.63, 3.8) is 0 Å². The van der Waals surface area contributed by atoms with Gasteiger partial charge in [0.15, 0.2) is 6.61 Å². The largest absolute Gasteiger partial charge is 0.497 e. The highest BCUT2D eigenvalue weighted by Gasteiger charge is 2.10. The molecule has 0 heterocycles. The lowest BCUT2D eigenvalue weighted by Crippen LogP contribution is -2.24. The summed E-state index contributed by atoms with van der Waals surface area (Å²) in [6.45, 7) is 4.05. The summed E-state index contributed by atoms with van der Waals surface area (Å²) in [6, 6.07) is 13.1. The van der Waals surface area contributed by atoms with Crippen molar-refractivity contribution in [1.82, 2.24) is 5.43 Å². The summed E-state index contributed by atoms with van der Waals surface area (Å²) in [7, 11) is 1.60. The van der Waals surface area contributed by atoms with E-state index in [-0.39, 0.29) is 12.5 Å². The van der Waals surface area contributed by atoms with E-state index in [9.17, 15) is 4.79 Å². The fourth-order valence-electron chi connectivity index (χ4n) is 2.18. The number of benzene rings is 2. The first-order valence-electron chi connectivity index (χ1n) is 7.88. The highest BCUT2D eigenvalue weighted by molar-refractivity contribution is 9.10. The second kappa shape index (κ2) is 9.22. The first kappa shape index (κ1) is 19.0. The zero-order valence-electron chi connectivity index (χ0n) is 14.5. The van der Waals surface area contributed by atoms with Crippen molar-refractivity contribution in [1.29, 1.82) is 0 Å². The van der Waals surface area contributed by atoms with Crippen molar-refractivity contribution in [3.05, 3.63) is 58.1 Å². The van der Waals surface area contributed by atoms with E-state index in [0.717, 1.165) is 21.3 Å². The van der Waals surface area contributed by atoms with Gasteiger partial charge in [0.05, 0.1) is 13.3 Å². The lowest BCUT2D eigenvalue weighted by Gasteiger charge is -2.13. The Balaban J connectivity index is 1.90. The molecule has 1 N–H and O–H groups in total. The summed E-state index contributed by atoms with van der Waals surface area (Å²) < 4.78 is 11.7. The number of carbonyl (C=O) groups excluding carboxylic acids is 1. The van der Waals surface area contributed by atoms with Crippen molar-refractivity contribution in [2.45, 2.75) is 19.8 Å². The molecule has 6 heteroatoms. The van der Waals surface area contributed by atoms with Gasteiger partial charge in [-0.15, -0.1) is 0 Å².